The van der Waals surface area contributed by atoms with E-state index in [9.17, 15) is 0 Å². The molecule has 5 nitrogen and oxygen atoms in total. The van der Waals surface area contributed by atoms with Crippen molar-refractivity contribution in [3.05, 3.63) is 72.8 Å². The van der Waals surface area contributed by atoms with Gasteiger partial charge in [-0.3, -0.25) is 0 Å². The van der Waals surface area contributed by atoms with Gasteiger partial charge in [0.25, 0.3) is 0 Å². The lowest BCUT2D eigenvalue weighted by Crippen LogP contribution is -2.68. The van der Waals surface area contributed by atoms with Crippen LogP contribution in [0.25, 0.3) is 22.6 Å². The van der Waals surface area contributed by atoms with Gasteiger partial charge in [-0.25, -0.2) is 23.1 Å². The Morgan fingerprint density at radius 1 is 0.769 bits per heavy atom. The molecule has 1 heterocycles. The summed E-state index contributed by atoms with van der Waals surface area (Å²) in [5.41, 5.74) is 2.21. The summed E-state index contributed by atoms with van der Waals surface area (Å²) in [5.74, 6) is 2.87. The minimum absolute atomic E-state index is 0.910. The van der Waals surface area contributed by atoms with Crippen LogP contribution in [0.5, 0.6) is 0 Å². The fourth-order valence-electron chi connectivity index (χ4n) is 2.22. The monoisotopic (exact) mass is 392 g/mol. The molecule has 0 N–H and O–H groups in total. The Labute approximate surface area is 158 Å². The molecule has 3 rings (SSSR count). The van der Waals surface area contributed by atoms with Gasteiger partial charge in [0.1, 0.15) is 0 Å². The highest BCUT2D eigenvalue weighted by Gasteiger charge is 2.19. The van der Waals surface area contributed by atoms with Crippen molar-refractivity contribution in [1.82, 2.24) is 0 Å². The SMILES string of the molecule is CCSc1cc(-c2ccccc2)[o+]c(-c2ccccc2)c1.[O-][Cl+3]([O-])([O-])[O-]. The molecule has 0 spiro atoms. The van der Waals surface area contributed by atoms with Gasteiger partial charge >= 0.3 is 11.5 Å². The van der Waals surface area contributed by atoms with Gasteiger partial charge in [0.15, 0.2) is 0 Å². The predicted octanol–water partition coefficient (Wildman–Crippen LogP) is 1.25. The van der Waals surface area contributed by atoms with Gasteiger partial charge in [0.05, 0.1) is 23.3 Å². The zero-order chi connectivity index (χ0) is 19.0. The van der Waals surface area contributed by atoms with Crippen LogP contribution in [0.3, 0.4) is 0 Å². The van der Waals surface area contributed by atoms with Crippen LogP contribution in [0.15, 0.2) is 82.1 Å². The smallest absolute Gasteiger partial charge is 0.222 e. The van der Waals surface area contributed by atoms with Crippen LogP contribution in [-0.2, 0) is 0 Å². The van der Waals surface area contributed by atoms with Crippen molar-refractivity contribution in [3.63, 3.8) is 0 Å². The number of thioether (sulfide) groups is 1. The van der Waals surface area contributed by atoms with Gasteiger partial charge in [0.2, 0.25) is 0 Å². The Morgan fingerprint density at radius 3 is 1.50 bits per heavy atom. The van der Waals surface area contributed by atoms with E-state index in [2.05, 4.69) is 43.3 Å². The van der Waals surface area contributed by atoms with Crippen LogP contribution in [-0.4, -0.2) is 5.75 Å². The van der Waals surface area contributed by atoms with Crippen molar-refractivity contribution in [2.75, 3.05) is 5.75 Å². The van der Waals surface area contributed by atoms with Crippen LogP contribution < -0.4 is 18.6 Å². The summed E-state index contributed by atoms with van der Waals surface area (Å²) in [7, 11) is -4.94. The maximum Gasteiger partial charge on any atom is 0.361 e. The summed E-state index contributed by atoms with van der Waals surface area (Å²) >= 11 is 1.83. The van der Waals surface area contributed by atoms with Crippen LogP contribution in [0.1, 0.15) is 6.92 Å². The zero-order valence-corrected chi connectivity index (χ0v) is 15.5. The minimum Gasteiger partial charge on any atom is -0.222 e. The number of hydrogen-bond donors (Lipinski definition) is 0. The lowest BCUT2D eigenvalue weighted by atomic mass is 10.1. The van der Waals surface area contributed by atoms with Crippen molar-refractivity contribution in [2.45, 2.75) is 11.8 Å². The molecule has 136 valence electrons. The van der Waals surface area contributed by atoms with E-state index in [4.69, 9.17) is 23.1 Å². The first-order valence-corrected chi connectivity index (χ1v) is 9.92. The van der Waals surface area contributed by atoms with Crippen molar-refractivity contribution in [3.8, 4) is 22.6 Å². The standard InChI is InChI=1S/C19H17OS.ClHO4/c1-2-21-17-13-18(15-9-5-3-6-10-15)20-19(14-17)16-11-7-4-8-12-16;2-1(3,4)5/h3-14H,2H2,1H3;(H,2,3,4,5)/q+1;/p-1. The van der Waals surface area contributed by atoms with Crippen molar-refractivity contribution in [2.24, 2.45) is 0 Å². The average Bonchev–Trinajstić information content (AvgIpc) is 2.62. The first-order valence-electron chi connectivity index (χ1n) is 7.70. The number of benzene rings is 2. The first kappa shape index (κ1) is 20.4. The molecular weight excluding hydrogens is 376 g/mol. The van der Waals surface area contributed by atoms with Crippen LogP contribution >= 0.6 is 11.8 Å². The second-order valence-corrected chi connectivity index (χ2v) is 7.16. The molecule has 0 amide bonds. The summed E-state index contributed by atoms with van der Waals surface area (Å²) < 4.78 is 40.1. The lowest BCUT2D eigenvalue weighted by Gasteiger charge is -2.17. The topological polar surface area (TPSA) is 104 Å². The Bertz CT molecular complexity index is 743. The molecule has 0 aliphatic heterocycles. The molecule has 0 saturated heterocycles. The molecule has 7 heteroatoms. The molecule has 0 atom stereocenters. The summed E-state index contributed by atoms with van der Waals surface area (Å²) in [6.45, 7) is 2.17. The molecule has 0 bridgehead atoms. The molecule has 0 saturated carbocycles. The molecule has 0 unspecified atom stereocenters. The highest BCUT2D eigenvalue weighted by molar-refractivity contribution is 7.99. The van der Waals surface area contributed by atoms with E-state index in [1.807, 2.05) is 48.2 Å². The first-order chi connectivity index (χ1) is 12.4. The fourth-order valence-corrected chi connectivity index (χ4v) is 2.93. The molecule has 0 fully saturated rings. The molecule has 2 aromatic carbocycles. The molecule has 0 aliphatic rings. The maximum atomic E-state index is 8.49. The second-order valence-electron chi connectivity index (χ2n) is 5.06. The van der Waals surface area contributed by atoms with E-state index in [-0.39, 0.29) is 0 Å². The maximum absolute atomic E-state index is 8.49. The number of halogens is 1. The summed E-state index contributed by atoms with van der Waals surface area (Å²) in [5, 5.41) is 0. The highest BCUT2D eigenvalue weighted by Crippen LogP contribution is 2.32. The Hall–Kier alpha value is -1.93. The van der Waals surface area contributed by atoms with Crippen LogP contribution in [0.4, 0.5) is 0 Å². The Kier molecular flexibility index (Phi) is 7.59. The molecule has 0 aliphatic carbocycles. The average molecular weight is 393 g/mol. The summed E-state index contributed by atoms with van der Waals surface area (Å²) in [6.07, 6.45) is 0. The normalized spacial score (nSPS) is 10.8. The van der Waals surface area contributed by atoms with E-state index in [0.29, 0.717) is 0 Å². The number of hydrogen-bond acceptors (Lipinski definition) is 5. The van der Waals surface area contributed by atoms with Gasteiger partial charge in [0, 0.05) is 4.90 Å². The molecule has 26 heavy (non-hydrogen) atoms. The van der Waals surface area contributed by atoms with E-state index in [1.165, 1.54) is 4.90 Å². The van der Waals surface area contributed by atoms with Gasteiger partial charge in [-0.1, -0.05) is 43.3 Å². The van der Waals surface area contributed by atoms with E-state index in [1.54, 1.807) is 0 Å². The van der Waals surface area contributed by atoms with Gasteiger partial charge in [-0.05, 0) is 30.0 Å². The minimum atomic E-state index is -4.94. The second kappa shape index (κ2) is 9.68. The quantitative estimate of drug-likeness (QED) is 0.489. The van der Waals surface area contributed by atoms with E-state index < -0.39 is 10.2 Å². The highest BCUT2D eigenvalue weighted by atomic mass is 35.7. The van der Waals surface area contributed by atoms with Gasteiger partial charge < -0.3 is 0 Å². The summed E-state index contributed by atoms with van der Waals surface area (Å²) in [6, 6.07) is 24.7. The van der Waals surface area contributed by atoms with Crippen LogP contribution in [0.2, 0.25) is 0 Å². The van der Waals surface area contributed by atoms with E-state index in [0.717, 1.165) is 28.4 Å². The third kappa shape index (κ3) is 7.13. The lowest BCUT2D eigenvalue weighted by molar-refractivity contribution is -2.00. The van der Waals surface area contributed by atoms with Crippen molar-refractivity contribution < 1.29 is 33.3 Å². The molecular formula is C19H17ClO5S. The third-order valence-corrected chi connectivity index (χ3v) is 4.05. The third-order valence-electron chi connectivity index (χ3n) is 3.19. The molecule has 0 radical (unpaired) electrons. The zero-order valence-electron chi connectivity index (χ0n) is 14.0. The van der Waals surface area contributed by atoms with Gasteiger partial charge in [-0.2, -0.15) is 0 Å². The molecule has 3 aromatic rings. The summed E-state index contributed by atoms with van der Waals surface area (Å²) in [4.78, 5) is 1.24. The van der Waals surface area contributed by atoms with Crippen molar-refractivity contribution in [1.29, 1.82) is 0 Å². The largest absolute Gasteiger partial charge is 0.361 e. The van der Waals surface area contributed by atoms with Gasteiger partial charge in [-0.15, -0.1) is 22.0 Å². The van der Waals surface area contributed by atoms with E-state index >= 15 is 0 Å². The van der Waals surface area contributed by atoms with Crippen molar-refractivity contribution >= 4 is 11.8 Å². The Morgan fingerprint density at radius 2 is 1.15 bits per heavy atom. The van der Waals surface area contributed by atoms with Crippen LogP contribution in [0, 0.1) is 10.2 Å². The molecule has 1 aromatic heterocycles. The predicted molar refractivity (Wildman–Crippen MR) is 90.4 cm³/mol. The number of rotatable bonds is 4. The Balaban J connectivity index is 0.000000431. The fraction of sp³-hybridized carbons (Fsp3) is 0.105.